The van der Waals surface area contributed by atoms with Crippen LogP contribution < -0.4 is 10.6 Å². The molecule has 28 heavy (non-hydrogen) atoms. The molecule has 0 aromatic heterocycles. The highest BCUT2D eigenvalue weighted by Crippen LogP contribution is 2.19. The van der Waals surface area contributed by atoms with Crippen molar-refractivity contribution >= 4 is 17.6 Å². The van der Waals surface area contributed by atoms with Crippen molar-refractivity contribution < 1.29 is 9.59 Å². The van der Waals surface area contributed by atoms with E-state index < -0.39 is 0 Å². The molecular formula is C22H28N4O2. The number of nitrogens with one attached hydrogen (secondary N) is 2. The van der Waals surface area contributed by atoms with Gasteiger partial charge in [-0.15, -0.1) is 0 Å². The Morgan fingerprint density at radius 3 is 2.25 bits per heavy atom. The molecule has 0 spiro atoms. The van der Waals surface area contributed by atoms with Crippen LogP contribution in [0.3, 0.4) is 0 Å². The summed E-state index contributed by atoms with van der Waals surface area (Å²) < 4.78 is 0. The first-order chi connectivity index (χ1) is 13.5. The second kappa shape index (κ2) is 9.37. The van der Waals surface area contributed by atoms with E-state index in [0.29, 0.717) is 24.3 Å². The van der Waals surface area contributed by atoms with Crippen molar-refractivity contribution in [3.8, 4) is 0 Å². The molecule has 3 rings (SSSR count). The van der Waals surface area contributed by atoms with E-state index in [9.17, 15) is 9.59 Å². The van der Waals surface area contributed by atoms with Crippen molar-refractivity contribution in [3.63, 3.8) is 0 Å². The molecule has 1 saturated heterocycles. The van der Waals surface area contributed by atoms with Crippen LogP contribution in [0.1, 0.15) is 29.8 Å². The second-order valence-electron chi connectivity index (χ2n) is 7.35. The summed E-state index contributed by atoms with van der Waals surface area (Å²) in [5, 5.41) is 5.58. The molecule has 1 heterocycles. The highest BCUT2D eigenvalue weighted by Gasteiger charge is 2.24. The molecule has 0 unspecified atom stereocenters. The first-order valence-electron chi connectivity index (χ1n) is 9.75. The first kappa shape index (κ1) is 19.9. The number of urea groups is 1. The zero-order valence-electron chi connectivity index (χ0n) is 16.5. The summed E-state index contributed by atoms with van der Waals surface area (Å²) in [5.41, 5.74) is 2.35. The molecule has 0 radical (unpaired) electrons. The van der Waals surface area contributed by atoms with E-state index in [4.69, 9.17) is 0 Å². The fraction of sp³-hybridized carbons (Fsp3) is 0.364. The van der Waals surface area contributed by atoms with E-state index >= 15 is 0 Å². The minimum absolute atomic E-state index is 0.0283. The zero-order valence-corrected chi connectivity index (χ0v) is 16.5. The van der Waals surface area contributed by atoms with Crippen LogP contribution in [0.4, 0.5) is 10.5 Å². The van der Waals surface area contributed by atoms with E-state index in [0.717, 1.165) is 19.6 Å². The number of rotatable bonds is 5. The molecule has 1 aliphatic heterocycles. The van der Waals surface area contributed by atoms with Gasteiger partial charge in [0.2, 0.25) is 0 Å². The fourth-order valence-electron chi connectivity index (χ4n) is 3.32. The van der Waals surface area contributed by atoms with Crippen molar-refractivity contribution in [2.24, 2.45) is 0 Å². The Kier molecular flexibility index (Phi) is 6.66. The van der Waals surface area contributed by atoms with Gasteiger partial charge in [-0.25, -0.2) is 4.79 Å². The second-order valence-corrected chi connectivity index (χ2v) is 7.35. The maximum Gasteiger partial charge on any atom is 0.319 e. The summed E-state index contributed by atoms with van der Waals surface area (Å²) >= 11 is 0. The number of hydrogen-bond acceptors (Lipinski definition) is 3. The summed E-state index contributed by atoms with van der Waals surface area (Å²) in [6.07, 6.45) is 0. The van der Waals surface area contributed by atoms with Gasteiger partial charge in [0, 0.05) is 38.8 Å². The van der Waals surface area contributed by atoms with Gasteiger partial charge in [-0.2, -0.15) is 0 Å². The van der Waals surface area contributed by atoms with Crippen molar-refractivity contribution in [1.29, 1.82) is 0 Å². The maximum atomic E-state index is 13.0. The third kappa shape index (κ3) is 5.33. The normalized spacial score (nSPS) is 14.8. The van der Waals surface area contributed by atoms with E-state index in [2.05, 4.69) is 39.8 Å². The SMILES string of the molecule is CC(C)NC(=O)Nc1ccccc1C(=O)N1CCN(Cc2ccccc2)CC1. The number of nitrogens with zero attached hydrogens (tertiary/aromatic N) is 2. The number of anilines is 1. The summed E-state index contributed by atoms with van der Waals surface area (Å²) in [6.45, 7) is 7.72. The minimum Gasteiger partial charge on any atom is -0.336 e. The molecular weight excluding hydrogens is 352 g/mol. The van der Waals surface area contributed by atoms with E-state index in [1.165, 1.54) is 5.56 Å². The molecule has 1 aliphatic rings. The largest absolute Gasteiger partial charge is 0.336 e. The van der Waals surface area contributed by atoms with Gasteiger partial charge >= 0.3 is 6.03 Å². The molecule has 0 atom stereocenters. The molecule has 6 nitrogen and oxygen atoms in total. The Hall–Kier alpha value is -2.86. The predicted molar refractivity (Wildman–Crippen MR) is 111 cm³/mol. The lowest BCUT2D eigenvalue weighted by Crippen LogP contribution is -2.48. The Labute approximate surface area is 166 Å². The Morgan fingerprint density at radius 1 is 0.929 bits per heavy atom. The molecule has 3 amide bonds. The average Bonchev–Trinajstić information content (AvgIpc) is 2.69. The monoisotopic (exact) mass is 380 g/mol. The number of carbonyl (C=O) groups excluding carboxylic acids is 2. The highest BCUT2D eigenvalue weighted by atomic mass is 16.2. The highest BCUT2D eigenvalue weighted by molar-refractivity contribution is 6.03. The quantitative estimate of drug-likeness (QED) is 0.837. The van der Waals surface area contributed by atoms with Gasteiger partial charge in [-0.05, 0) is 31.5 Å². The zero-order chi connectivity index (χ0) is 19.9. The third-order valence-electron chi connectivity index (χ3n) is 4.73. The Bertz CT molecular complexity index is 799. The number of para-hydroxylation sites is 1. The molecule has 1 fully saturated rings. The van der Waals surface area contributed by atoms with Crippen molar-refractivity contribution in [2.45, 2.75) is 26.4 Å². The van der Waals surface area contributed by atoms with E-state index in [1.807, 2.05) is 36.9 Å². The number of hydrogen-bond donors (Lipinski definition) is 2. The van der Waals surface area contributed by atoms with E-state index in [1.54, 1.807) is 12.1 Å². The van der Waals surface area contributed by atoms with Crippen molar-refractivity contribution in [1.82, 2.24) is 15.1 Å². The van der Waals surface area contributed by atoms with Gasteiger partial charge in [-0.3, -0.25) is 9.69 Å². The molecule has 2 aromatic rings. The van der Waals surface area contributed by atoms with Gasteiger partial charge in [0.25, 0.3) is 5.91 Å². The smallest absolute Gasteiger partial charge is 0.319 e. The molecule has 6 heteroatoms. The van der Waals surface area contributed by atoms with E-state index in [-0.39, 0.29) is 18.0 Å². The fourth-order valence-corrected chi connectivity index (χ4v) is 3.32. The molecule has 0 saturated carbocycles. The lowest BCUT2D eigenvalue weighted by molar-refractivity contribution is 0.0629. The van der Waals surface area contributed by atoms with Gasteiger partial charge < -0.3 is 15.5 Å². The van der Waals surface area contributed by atoms with Crippen LogP contribution >= 0.6 is 0 Å². The topological polar surface area (TPSA) is 64.7 Å². The Balaban J connectivity index is 1.60. The number of piperazine rings is 1. The Morgan fingerprint density at radius 2 is 1.57 bits per heavy atom. The van der Waals surface area contributed by atoms with Crippen LogP contribution in [0.25, 0.3) is 0 Å². The van der Waals surface area contributed by atoms with Crippen LogP contribution in [0.5, 0.6) is 0 Å². The van der Waals surface area contributed by atoms with Crippen LogP contribution in [0.15, 0.2) is 54.6 Å². The number of carbonyl (C=O) groups is 2. The van der Waals surface area contributed by atoms with Gasteiger partial charge in [0.05, 0.1) is 11.3 Å². The van der Waals surface area contributed by atoms with Crippen LogP contribution in [-0.2, 0) is 6.54 Å². The summed E-state index contributed by atoms with van der Waals surface area (Å²) in [6, 6.07) is 17.3. The number of amides is 3. The minimum atomic E-state index is -0.303. The third-order valence-corrected chi connectivity index (χ3v) is 4.73. The first-order valence-corrected chi connectivity index (χ1v) is 9.75. The van der Waals surface area contributed by atoms with Gasteiger partial charge in [-0.1, -0.05) is 42.5 Å². The predicted octanol–water partition coefficient (Wildman–Crippen LogP) is 3.17. The van der Waals surface area contributed by atoms with Crippen LogP contribution in [0, 0.1) is 0 Å². The molecule has 0 bridgehead atoms. The van der Waals surface area contributed by atoms with Gasteiger partial charge in [0.15, 0.2) is 0 Å². The lowest BCUT2D eigenvalue weighted by Gasteiger charge is -2.35. The lowest BCUT2D eigenvalue weighted by atomic mass is 10.1. The molecule has 148 valence electrons. The summed E-state index contributed by atoms with van der Waals surface area (Å²) in [4.78, 5) is 29.3. The standard InChI is InChI=1S/C22H28N4O2/c1-17(2)23-22(28)24-20-11-7-6-10-19(20)21(27)26-14-12-25(13-15-26)16-18-8-4-3-5-9-18/h3-11,17H,12-16H2,1-2H3,(H2,23,24,28). The molecule has 2 aromatic carbocycles. The van der Waals surface area contributed by atoms with Crippen LogP contribution in [0.2, 0.25) is 0 Å². The van der Waals surface area contributed by atoms with Crippen molar-refractivity contribution in [2.75, 3.05) is 31.5 Å². The van der Waals surface area contributed by atoms with Gasteiger partial charge in [0.1, 0.15) is 0 Å². The summed E-state index contributed by atoms with van der Waals surface area (Å²) in [7, 11) is 0. The number of benzene rings is 2. The maximum absolute atomic E-state index is 13.0. The molecule has 0 aliphatic carbocycles. The molecule has 2 N–H and O–H groups in total. The van der Waals surface area contributed by atoms with Crippen LogP contribution in [-0.4, -0.2) is 54.0 Å². The van der Waals surface area contributed by atoms with Crippen molar-refractivity contribution in [3.05, 3.63) is 65.7 Å². The summed E-state index contributed by atoms with van der Waals surface area (Å²) in [5.74, 6) is -0.0418. The average molecular weight is 380 g/mol.